The second-order valence-electron chi connectivity index (χ2n) is 1.85. The van der Waals surface area contributed by atoms with Gasteiger partial charge in [-0.05, 0) is 0 Å². The molecule has 0 atom stereocenters. The summed E-state index contributed by atoms with van der Waals surface area (Å²) in [5.74, 6) is 0.433. The van der Waals surface area contributed by atoms with Gasteiger partial charge in [0, 0.05) is 7.05 Å². The molecule has 0 spiro atoms. The van der Waals surface area contributed by atoms with E-state index in [9.17, 15) is 8.42 Å². The third kappa shape index (κ3) is 1.53. The first kappa shape index (κ1) is 7.20. The van der Waals surface area contributed by atoms with Crippen molar-refractivity contribution in [1.29, 1.82) is 0 Å². The van der Waals surface area contributed by atoms with Crippen LogP contribution in [0.3, 0.4) is 0 Å². The number of aromatic nitrogens is 3. The molecule has 56 valence electrons. The number of aryl methyl sites for hydroxylation is 1. The summed E-state index contributed by atoms with van der Waals surface area (Å²) in [5.41, 5.74) is 0. The monoisotopic (exact) mass is 161 g/mol. The van der Waals surface area contributed by atoms with Gasteiger partial charge in [0.2, 0.25) is 0 Å². The average Bonchev–Trinajstić information content (AvgIpc) is 2.15. The zero-order chi connectivity index (χ0) is 7.56. The fraction of sp³-hybridized carbons (Fsp3) is 0.500. The Morgan fingerprint density at radius 3 is 2.80 bits per heavy atom. The first-order valence-corrected chi connectivity index (χ1v) is 4.01. The van der Waals surface area contributed by atoms with Crippen molar-refractivity contribution in [2.75, 3.05) is 0 Å². The number of rotatable bonds is 2. The molecule has 0 aliphatic rings. The highest BCUT2D eigenvalue weighted by Gasteiger charge is 1.99. The molecule has 1 aromatic rings. The van der Waals surface area contributed by atoms with Crippen molar-refractivity contribution >= 4 is 10.7 Å². The molecule has 0 N–H and O–H groups in total. The Kier molecular flexibility index (Phi) is 2.00. The molecule has 10 heavy (non-hydrogen) atoms. The van der Waals surface area contributed by atoms with Crippen molar-refractivity contribution in [2.45, 2.75) is 5.75 Å². The fourth-order valence-electron chi connectivity index (χ4n) is 0.566. The SMILES string of the molecule is Cn1cnnc1C[SH](=O)=O. The molecular formula is C4H7N3O2S. The summed E-state index contributed by atoms with van der Waals surface area (Å²) in [5, 5.41) is 7.11. The highest BCUT2D eigenvalue weighted by molar-refractivity contribution is 7.71. The molecule has 0 saturated heterocycles. The van der Waals surface area contributed by atoms with Crippen molar-refractivity contribution in [3.8, 4) is 0 Å². The lowest BCUT2D eigenvalue weighted by atomic mass is 10.7. The van der Waals surface area contributed by atoms with Crippen LogP contribution in [0.4, 0.5) is 0 Å². The highest BCUT2D eigenvalue weighted by atomic mass is 32.2. The van der Waals surface area contributed by atoms with E-state index in [-0.39, 0.29) is 5.75 Å². The minimum absolute atomic E-state index is 0.0359. The third-order valence-electron chi connectivity index (χ3n) is 1.08. The number of hydrogen-bond acceptors (Lipinski definition) is 4. The van der Waals surface area contributed by atoms with Crippen LogP contribution in [-0.2, 0) is 23.5 Å². The first-order valence-electron chi connectivity index (χ1n) is 2.65. The highest BCUT2D eigenvalue weighted by Crippen LogP contribution is 1.91. The van der Waals surface area contributed by atoms with Crippen LogP contribution in [-0.4, -0.2) is 23.2 Å². The first-order chi connectivity index (χ1) is 4.70. The van der Waals surface area contributed by atoms with E-state index in [2.05, 4.69) is 10.2 Å². The van der Waals surface area contributed by atoms with Gasteiger partial charge in [-0.2, -0.15) is 0 Å². The summed E-state index contributed by atoms with van der Waals surface area (Å²) in [4.78, 5) is 0. The lowest BCUT2D eigenvalue weighted by molar-refractivity contribution is 0.611. The summed E-state index contributed by atoms with van der Waals surface area (Å²) in [7, 11) is -0.688. The standard InChI is InChI=1S/C4H7N3O2S/c1-7-3-5-6-4(7)2-10(8)9/h3,10H,2H2,1H3. The molecule has 1 heterocycles. The van der Waals surface area contributed by atoms with Gasteiger partial charge < -0.3 is 4.57 Å². The average molecular weight is 161 g/mol. The molecule has 0 bridgehead atoms. The van der Waals surface area contributed by atoms with Gasteiger partial charge in [-0.15, -0.1) is 10.2 Å². The fourth-order valence-corrected chi connectivity index (χ4v) is 1.08. The topological polar surface area (TPSA) is 64.8 Å². The second-order valence-corrected chi connectivity index (χ2v) is 2.83. The molecule has 0 aliphatic carbocycles. The van der Waals surface area contributed by atoms with Crippen LogP contribution in [0.25, 0.3) is 0 Å². The quantitative estimate of drug-likeness (QED) is 0.561. The third-order valence-corrected chi connectivity index (χ3v) is 1.62. The molecule has 0 amide bonds. The van der Waals surface area contributed by atoms with Gasteiger partial charge in [-0.1, -0.05) is 0 Å². The van der Waals surface area contributed by atoms with Gasteiger partial charge in [0.1, 0.15) is 28.6 Å². The normalized spacial score (nSPS) is 10.6. The molecule has 0 fully saturated rings. The van der Waals surface area contributed by atoms with E-state index in [1.165, 1.54) is 6.33 Å². The molecule has 0 aromatic carbocycles. The van der Waals surface area contributed by atoms with E-state index in [1.807, 2.05) is 0 Å². The lowest BCUT2D eigenvalue weighted by Gasteiger charge is -1.90. The molecule has 5 nitrogen and oxygen atoms in total. The van der Waals surface area contributed by atoms with Crippen molar-refractivity contribution < 1.29 is 8.42 Å². The van der Waals surface area contributed by atoms with Crippen LogP contribution in [0, 0.1) is 0 Å². The smallest absolute Gasteiger partial charge is 0.147 e. The van der Waals surface area contributed by atoms with Crippen molar-refractivity contribution in [1.82, 2.24) is 14.8 Å². The van der Waals surface area contributed by atoms with Crippen molar-refractivity contribution in [2.24, 2.45) is 7.05 Å². The largest absolute Gasteiger partial charge is 0.320 e. The Labute approximate surface area is 59.6 Å². The van der Waals surface area contributed by atoms with Crippen LogP contribution in [0.2, 0.25) is 0 Å². The maximum Gasteiger partial charge on any atom is 0.147 e. The van der Waals surface area contributed by atoms with Crippen LogP contribution >= 0.6 is 0 Å². The van der Waals surface area contributed by atoms with Crippen molar-refractivity contribution in [3.05, 3.63) is 12.2 Å². The van der Waals surface area contributed by atoms with Crippen LogP contribution in [0.15, 0.2) is 6.33 Å². The number of nitrogens with zero attached hydrogens (tertiary/aromatic N) is 3. The van der Waals surface area contributed by atoms with E-state index >= 15 is 0 Å². The van der Waals surface area contributed by atoms with Crippen LogP contribution in [0.1, 0.15) is 5.82 Å². The Bertz CT molecular complexity index is 282. The number of thiol groups is 1. The predicted molar refractivity (Wildman–Crippen MR) is 35.0 cm³/mol. The van der Waals surface area contributed by atoms with E-state index in [0.717, 1.165) is 0 Å². The minimum atomic E-state index is -2.39. The van der Waals surface area contributed by atoms with Gasteiger partial charge in [0.25, 0.3) is 0 Å². The second kappa shape index (κ2) is 2.78. The molecule has 1 aromatic heterocycles. The summed E-state index contributed by atoms with van der Waals surface area (Å²) in [6, 6.07) is 0. The van der Waals surface area contributed by atoms with Gasteiger partial charge in [-0.3, -0.25) is 0 Å². The zero-order valence-corrected chi connectivity index (χ0v) is 6.28. The maximum atomic E-state index is 10.2. The van der Waals surface area contributed by atoms with E-state index in [1.54, 1.807) is 11.6 Å². The Morgan fingerprint density at radius 2 is 2.40 bits per heavy atom. The number of hydrogen-bond donors (Lipinski definition) is 1. The van der Waals surface area contributed by atoms with E-state index in [4.69, 9.17) is 0 Å². The molecule has 0 unspecified atom stereocenters. The van der Waals surface area contributed by atoms with Gasteiger partial charge in [0.15, 0.2) is 0 Å². The molecule has 0 saturated carbocycles. The molecule has 0 radical (unpaired) electrons. The van der Waals surface area contributed by atoms with Crippen molar-refractivity contribution in [3.63, 3.8) is 0 Å². The molecular weight excluding hydrogens is 154 g/mol. The van der Waals surface area contributed by atoms with Gasteiger partial charge in [0.05, 0.1) is 0 Å². The molecule has 6 heteroatoms. The van der Waals surface area contributed by atoms with E-state index in [0.29, 0.717) is 5.82 Å². The zero-order valence-electron chi connectivity index (χ0n) is 5.39. The Balaban J connectivity index is 2.84. The van der Waals surface area contributed by atoms with E-state index < -0.39 is 10.7 Å². The minimum Gasteiger partial charge on any atom is -0.320 e. The Morgan fingerprint density at radius 1 is 1.70 bits per heavy atom. The van der Waals surface area contributed by atoms with Gasteiger partial charge in [-0.25, -0.2) is 8.42 Å². The maximum absolute atomic E-state index is 10.2. The summed E-state index contributed by atoms with van der Waals surface area (Å²) in [6.45, 7) is 0. The summed E-state index contributed by atoms with van der Waals surface area (Å²) < 4.78 is 21.9. The molecule has 1 rings (SSSR count). The van der Waals surface area contributed by atoms with Crippen LogP contribution in [0.5, 0.6) is 0 Å². The summed E-state index contributed by atoms with van der Waals surface area (Å²) in [6.07, 6.45) is 1.47. The lowest BCUT2D eigenvalue weighted by Crippen LogP contribution is -1.97. The summed E-state index contributed by atoms with van der Waals surface area (Å²) >= 11 is 0. The van der Waals surface area contributed by atoms with Crippen LogP contribution < -0.4 is 0 Å². The van der Waals surface area contributed by atoms with Gasteiger partial charge >= 0.3 is 0 Å². The predicted octanol–water partition coefficient (Wildman–Crippen LogP) is -1.07. The molecule has 0 aliphatic heterocycles. The Hall–Kier alpha value is -0.910.